The van der Waals surface area contributed by atoms with Crippen molar-refractivity contribution in [2.24, 2.45) is 0 Å². The minimum Gasteiger partial charge on any atom is -0.376 e. The second kappa shape index (κ2) is 8.86. The topological polar surface area (TPSA) is 76.6 Å². The van der Waals surface area contributed by atoms with Gasteiger partial charge in [0.1, 0.15) is 5.52 Å². The van der Waals surface area contributed by atoms with E-state index in [2.05, 4.69) is 4.98 Å². The predicted molar refractivity (Wildman–Crippen MR) is 124 cm³/mol. The number of para-hydroxylation sites is 1. The number of nitrogens with zero attached hydrogens (tertiary/aromatic N) is 2. The number of thiazole rings is 1. The summed E-state index contributed by atoms with van der Waals surface area (Å²) >= 11 is 7.68. The van der Waals surface area contributed by atoms with Crippen LogP contribution in [0.3, 0.4) is 0 Å². The normalized spacial score (nSPS) is 16.8. The van der Waals surface area contributed by atoms with Crippen LogP contribution in [0.15, 0.2) is 47.4 Å². The maximum absolute atomic E-state index is 13.4. The van der Waals surface area contributed by atoms with Crippen molar-refractivity contribution in [2.45, 2.75) is 42.9 Å². The number of carbonyl (C=O) groups excluding carboxylic acids is 1. The zero-order chi connectivity index (χ0) is 22.2. The van der Waals surface area contributed by atoms with Crippen LogP contribution in [0, 0.1) is 0 Å². The van der Waals surface area contributed by atoms with E-state index in [9.17, 15) is 13.2 Å². The van der Waals surface area contributed by atoms with Gasteiger partial charge in [0.15, 0.2) is 15.0 Å². The fourth-order valence-electron chi connectivity index (χ4n) is 3.47. The molecule has 1 atom stereocenters. The van der Waals surface area contributed by atoms with Crippen LogP contribution in [0.2, 0.25) is 5.02 Å². The molecule has 0 spiro atoms. The first-order valence-corrected chi connectivity index (χ1v) is 12.8. The number of halogens is 1. The number of aromatic nitrogens is 1. The number of fused-ring (bicyclic) bond motifs is 1. The van der Waals surface area contributed by atoms with Crippen LogP contribution in [-0.4, -0.2) is 43.8 Å². The van der Waals surface area contributed by atoms with Gasteiger partial charge in [-0.1, -0.05) is 29.0 Å². The van der Waals surface area contributed by atoms with Crippen molar-refractivity contribution >= 4 is 54.0 Å². The number of sulfone groups is 1. The molecule has 31 heavy (non-hydrogen) atoms. The summed E-state index contributed by atoms with van der Waals surface area (Å²) in [6.07, 6.45) is 1.77. The first-order chi connectivity index (χ1) is 14.8. The van der Waals surface area contributed by atoms with Crippen LogP contribution >= 0.6 is 22.9 Å². The van der Waals surface area contributed by atoms with E-state index in [1.54, 1.807) is 36.9 Å². The fraction of sp³-hybridized carbons (Fsp3) is 0.364. The Balaban J connectivity index is 1.69. The third-order valence-electron chi connectivity index (χ3n) is 5.30. The predicted octanol–water partition coefficient (Wildman–Crippen LogP) is 4.96. The molecule has 1 aliphatic heterocycles. The molecule has 0 saturated carbocycles. The largest absolute Gasteiger partial charge is 0.376 e. The molecular weight excluding hydrogens is 456 g/mol. The standard InChI is InChI=1S/C22H23ClN2O4S2/c1-14(2)31(27,28)17-10-8-15(9-11-17)21(26)25(13-16-5-4-12-29-16)22-24-20-18(23)6-3-7-19(20)30-22/h3,6-11,14,16H,4-5,12-13H2,1-2H3. The van der Waals surface area contributed by atoms with Crippen LogP contribution in [0.1, 0.15) is 37.0 Å². The highest BCUT2D eigenvalue weighted by atomic mass is 35.5. The van der Waals surface area contributed by atoms with Crippen molar-refractivity contribution in [3.05, 3.63) is 53.1 Å². The molecule has 1 aliphatic rings. The second-order valence-electron chi connectivity index (χ2n) is 7.75. The lowest BCUT2D eigenvalue weighted by Gasteiger charge is -2.23. The number of amides is 1. The summed E-state index contributed by atoms with van der Waals surface area (Å²) in [5.74, 6) is -0.251. The monoisotopic (exact) mass is 478 g/mol. The summed E-state index contributed by atoms with van der Waals surface area (Å²) < 4.78 is 31.4. The molecule has 1 amide bonds. The number of hydrogen-bond donors (Lipinski definition) is 0. The van der Waals surface area contributed by atoms with Gasteiger partial charge in [-0.2, -0.15) is 0 Å². The van der Waals surface area contributed by atoms with Crippen molar-refractivity contribution in [2.75, 3.05) is 18.1 Å². The van der Waals surface area contributed by atoms with E-state index in [1.165, 1.54) is 23.5 Å². The maximum Gasteiger partial charge on any atom is 0.260 e. The third-order valence-corrected chi connectivity index (χ3v) is 8.81. The van der Waals surface area contributed by atoms with E-state index in [0.29, 0.717) is 34.4 Å². The van der Waals surface area contributed by atoms with E-state index in [4.69, 9.17) is 16.3 Å². The summed E-state index contributed by atoms with van der Waals surface area (Å²) in [6, 6.07) is 11.6. The second-order valence-corrected chi connectivity index (χ2v) is 11.7. The molecule has 1 fully saturated rings. The Labute approximate surface area is 190 Å². The van der Waals surface area contributed by atoms with Gasteiger partial charge in [-0.3, -0.25) is 9.69 Å². The summed E-state index contributed by atoms with van der Waals surface area (Å²) in [5, 5.41) is 0.549. The lowest BCUT2D eigenvalue weighted by molar-refractivity contribution is 0.0917. The van der Waals surface area contributed by atoms with Gasteiger partial charge < -0.3 is 4.74 Å². The van der Waals surface area contributed by atoms with Crippen molar-refractivity contribution in [3.63, 3.8) is 0 Å². The van der Waals surface area contributed by atoms with Crippen LogP contribution in [0.4, 0.5) is 5.13 Å². The zero-order valence-electron chi connectivity index (χ0n) is 17.2. The van der Waals surface area contributed by atoms with Crippen LogP contribution in [0.25, 0.3) is 10.2 Å². The summed E-state index contributed by atoms with van der Waals surface area (Å²) in [5.41, 5.74) is 1.05. The average Bonchev–Trinajstić information content (AvgIpc) is 3.42. The van der Waals surface area contributed by atoms with Crippen molar-refractivity contribution < 1.29 is 17.9 Å². The Morgan fingerprint density at radius 1 is 1.26 bits per heavy atom. The van der Waals surface area contributed by atoms with Crippen molar-refractivity contribution in [3.8, 4) is 0 Å². The molecular formula is C22H23ClN2O4S2. The van der Waals surface area contributed by atoms with Crippen LogP contribution in [-0.2, 0) is 14.6 Å². The van der Waals surface area contributed by atoms with Crippen molar-refractivity contribution in [1.82, 2.24) is 4.98 Å². The van der Waals surface area contributed by atoms with Gasteiger partial charge in [0, 0.05) is 12.2 Å². The van der Waals surface area contributed by atoms with Gasteiger partial charge in [-0.05, 0) is 63.1 Å². The Hall–Kier alpha value is -2.00. The molecule has 0 bridgehead atoms. The van der Waals surface area contributed by atoms with E-state index in [0.717, 1.165) is 17.5 Å². The number of carbonyl (C=O) groups is 1. The molecule has 1 unspecified atom stereocenters. The highest BCUT2D eigenvalue weighted by molar-refractivity contribution is 7.92. The number of anilines is 1. The Bertz CT molecular complexity index is 1200. The van der Waals surface area contributed by atoms with Gasteiger partial charge >= 0.3 is 0 Å². The molecule has 2 heterocycles. The maximum atomic E-state index is 13.4. The molecule has 9 heteroatoms. The Kier molecular flexibility index (Phi) is 6.35. The fourth-order valence-corrected chi connectivity index (χ4v) is 5.81. The number of benzene rings is 2. The zero-order valence-corrected chi connectivity index (χ0v) is 19.6. The molecule has 0 radical (unpaired) electrons. The smallest absolute Gasteiger partial charge is 0.260 e. The van der Waals surface area contributed by atoms with E-state index in [-0.39, 0.29) is 16.9 Å². The molecule has 4 rings (SSSR count). The molecule has 6 nitrogen and oxygen atoms in total. The Morgan fingerprint density at radius 3 is 2.61 bits per heavy atom. The van der Waals surface area contributed by atoms with Gasteiger partial charge in [-0.25, -0.2) is 13.4 Å². The molecule has 1 aromatic heterocycles. The minimum atomic E-state index is -3.40. The summed E-state index contributed by atoms with van der Waals surface area (Å²) in [4.78, 5) is 19.9. The number of rotatable bonds is 6. The van der Waals surface area contributed by atoms with E-state index in [1.807, 2.05) is 12.1 Å². The quantitative estimate of drug-likeness (QED) is 0.500. The molecule has 164 valence electrons. The average molecular weight is 479 g/mol. The first-order valence-electron chi connectivity index (χ1n) is 10.1. The summed E-state index contributed by atoms with van der Waals surface area (Å²) in [6.45, 7) is 4.33. The summed E-state index contributed by atoms with van der Waals surface area (Å²) in [7, 11) is -3.40. The van der Waals surface area contributed by atoms with Gasteiger partial charge in [0.2, 0.25) is 0 Å². The molecule has 3 aromatic rings. The lowest BCUT2D eigenvalue weighted by Crippen LogP contribution is -2.37. The lowest BCUT2D eigenvalue weighted by atomic mass is 10.2. The molecule has 0 aliphatic carbocycles. The number of hydrogen-bond acceptors (Lipinski definition) is 6. The Morgan fingerprint density at radius 2 is 2.00 bits per heavy atom. The van der Waals surface area contributed by atoms with Gasteiger partial charge in [0.25, 0.3) is 5.91 Å². The molecule has 1 saturated heterocycles. The number of ether oxygens (including phenoxy) is 1. The first kappa shape index (κ1) is 22.2. The molecule has 0 N–H and O–H groups in total. The van der Waals surface area contributed by atoms with E-state index < -0.39 is 15.1 Å². The van der Waals surface area contributed by atoms with Crippen LogP contribution in [0.5, 0.6) is 0 Å². The highest BCUT2D eigenvalue weighted by Crippen LogP contribution is 2.34. The highest BCUT2D eigenvalue weighted by Gasteiger charge is 2.28. The minimum absolute atomic E-state index is 0.0629. The third kappa shape index (κ3) is 4.48. The SMILES string of the molecule is CC(C)S(=O)(=O)c1ccc(C(=O)N(CC2CCCO2)c2nc3c(Cl)cccc3s2)cc1. The van der Waals surface area contributed by atoms with Gasteiger partial charge in [0.05, 0.1) is 32.5 Å². The molecule has 2 aromatic carbocycles. The van der Waals surface area contributed by atoms with Gasteiger partial charge in [-0.15, -0.1) is 0 Å². The van der Waals surface area contributed by atoms with Crippen molar-refractivity contribution in [1.29, 1.82) is 0 Å². The van der Waals surface area contributed by atoms with Crippen LogP contribution < -0.4 is 4.90 Å². The van der Waals surface area contributed by atoms with E-state index >= 15 is 0 Å².